The second-order valence-corrected chi connectivity index (χ2v) is 6.18. The Labute approximate surface area is 157 Å². The van der Waals surface area contributed by atoms with Crippen molar-refractivity contribution in [1.29, 1.82) is 0 Å². The molecule has 0 aliphatic heterocycles. The van der Waals surface area contributed by atoms with Crippen LogP contribution in [0.1, 0.15) is 27.0 Å². The first-order valence-corrected chi connectivity index (χ1v) is 8.43. The molecular formula is C20H21N5O2. The third kappa shape index (κ3) is 4.14. The number of nitrogens with one attached hydrogen (secondary N) is 2. The maximum Gasteiger partial charge on any atom is 0.269 e. The Kier molecular flexibility index (Phi) is 5.21. The molecule has 2 aromatic carbocycles. The fraction of sp³-hybridized carbons (Fsp3) is 0.150. The van der Waals surface area contributed by atoms with Gasteiger partial charge in [0, 0.05) is 5.56 Å². The number of hydrogen-bond acceptors (Lipinski definition) is 6. The van der Waals surface area contributed by atoms with Crippen molar-refractivity contribution in [1.82, 2.24) is 15.4 Å². The first-order valence-electron chi connectivity index (χ1n) is 8.43. The van der Waals surface area contributed by atoms with Crippen LogP contribution < -0.4 is 21.3 Å². The topological polar surface area (TPSA) is 102 Å². The van der Waals surface area contributed by atoms with Crippen LogP contribution >= 0.6 is 0 Å². The summed E-state index contributed by atoms with van der Waals surface area (Å²) >= 11 is 0. The average molecular weight is 363 g/mol. The predicted molar refractivity (Wildman–Crippen MR) is 105 cm³/mol. The van der Waals surface area contributed by atoms with Crippen LogP contribution in [0.5, 0.6) is 11.6 Å². The van der Waals surface area contributed by atoms with Crippen molar-refractivity contribution >= 4 is 17.4 Å². The lowest BCUT2D eigenvalue weighted by atomic mass is 10.1. The molecule has 0 spiro atoms. The number of rotatable bonds is 5. The zero-order valence-corrected chi connectivity index (χ0v) is 15.4. The number of hydrogen-bond donors (Lipinski definition) is 3. The molecule has 0 bridgehead atoms. The van der Waals surface area contributed by atoms with E-state index in [2.05, 4.69) is 20.8 Å². The largest absolute Gasteiger partial charge is 0.437 e. The van der Waals surface area contributed by atoms with Gasteiger partial charge >= 0.3 is 0 Å². The van der Waals surface area contributed by atoms with E-state index in [0.717, 1.165) is 11.1 Å². The van der Waals surface area contributed by atoms with Gasteiger partial charge in [-0.3, -0.25) is 15.6 Å². The number of carbonyl (C=O) groups excluding carboxylic acids is 1. The number of hydrazine groups is 1. The lowest BCUT2D eigenvalue weighted by molar-refractivity contribution is 0.0962. The Hall–Kier alpha value is -3.61. The van der Waals surface area contributed by atoms with Crippen LogP contribution in [0, 0.1) is 20.8 Å². The summed E-state index contributed by atoms with van der Waals surface area (Å²) in [5.74, 6) is 0.799. The van der Waals surface area contributed by atoms with Gasteiger partial charge in [-0.2, -0.15) is 4.98 Å². The number of amides is 1. The maximum atomic E-state index is 12.3. The van der Waals surface area contributed by atoms with Crippen molar-refractivity contribution in [2.45, 2.75) is 20.8 Å². The van der Waals surface area contributed by atoms with E-state index in [4.69, 9.17) is 10.5 Å². The summed E-state index contributed by atoms with van der Waals surface area (Å²) in [6.45, 7) is 5.89. The zero-order chi connectivity index (χ0) is 19.4. The minimum Gasteiger partial charge on any atom is -0.437 e. The van der Waals surface area contributed by atoms with Gasteiger partial charge in [0.05, 0.1) is 0 Å². The second kappa shape index (κ2) is 7.74. The molecule has 138 valence electrons. The van der Waals surface area contributed by atoms with Gasteiger partial charge in [-0.15, -0.1) is 0 Å². The lowest BCUT2D eigenvalue weighted by Gasteiger charge is -2.13. The van der Waals surface area contributed by atoms with Gasteiger partial charge in [-0.25, -0.2) is 4.98 Å². The summed E-state index contributed by atoms with van der Waals surface area (Å²) in [6, 6.07) is 13.0. The number of aromatic nitrogens is 2. The Bertz CT molecular complexity index is 988. The number of aryl methyl sites for hydroxylation is 3. The van der Waals surface area contributed by atoms with Crippen molar-refractivity contribution in [2.75, 3.05) is 11.2 Å². The number of nitrogen functional groups attached to an aromatic ring is 1. The Balaban J connectivity index is 1.74. The molecule has 0 unspecified atom stereocenters. The van der Waals surface area contributed by atoms with Gasteiger partial charge in [0.25, 0.3) is 5.91 Å². The third-order valence-electron chi connectivity index (χ3n) is 4.22. The summed E-state index contributed by atoms with van der Waals surface area (Å²) < 4.78 is 5.77. The molecule has 1 heterocycles. The molecule has 0 saturated carbocycles. The SMILES string of the molecule is Cc1ccc(Oc2ncnc(NNC(=O)c3ccccc3C)c2N)cc1C. The summed E-state index contributed by atoms with van der Waals surface area (Å²) in [6.07, 6.45) is 1.31. The van der Waals surface area contributed by atoms with E-state index < -0.39 is 0 Å². The monoisotopic (exact) mass is 363 g/mol. The highest BCUT2D eigenvalue weighted by atomic mass is 16.5. The van der Waals surface area contributed by atoms with Gasteiger partial charge < -0.3 is 10.5 Å². The number of benzene rings is 2. The molecule has 27 heavy (non-hydrogen) atoms. The molecule has 1 amide bonds. The number of nitrogens with two attached hydrogens (primary N) is 1. The number of anilines is 2. The molecule has 3 rings (SSSR count). The van der Waals surface area contributed by atoms with E-state index in [1.807, 2.05) is 51.1 Å². The molecule has 0 saturated heterocycles. The molecule has 0 atom stereocenters. The van der Waals surface area contributed by atoms with E-state index in [1.165, 1.54) is 11.9 Å². The molecule has 7 heteroatoms. The van der Waals surface area contributed by atoms with E-state index in [0.29, 0.717) is 11.3 Å². The number of ether oxygens (including phenoxy) is 1. The minimum absolute atomic E-state index is 0.195. The van der Waals surface area contributed by atoms with Crippen LogP contribution in [0.4, 0.5) is 11.5 Å². The van der Waals surface area contributed by atoms with Crippen LogP contribution in [0.25, 0.3) is 0 Å². The van der Waals surface area contributed by atoms with E-state index in [1.54, 1.807) is 12.1 Å². The maximum absolute atomic E-state index is 12.3. The number of carbonyl (C=O) groups is 1. The van der Waals surface area contributed by atoms with Crippen LogP contribution in [-0.2, 0) is 0 Å². The fourth-order valence-corrected chi connectivity index (χ4v) is 2.46. The number of nitrogens with zero attached hydrogens (tertiary/aromatic N) is 2. The normalized spacial score (nSPS) is 10.3. The van der Waals surface area contributed by atoms with Crippen molar-refractivity contribution in [3.8, 4) is 11.6 Å². The van der Waals surface area contributed by atoms with E-state index >= 15 is 0 Å². The van der Waals surface area contributed by atoms with E-state index in [9.17, 15) is 4.79 Å². The zero-order valence-electron chi connectivity index (χ0n) is 15.4. The minimum atomic E-state index is -0.289. The highest BCUT2D eigenvalue weighted by molar-refractivity contribution is 5.96. The van der Waals surface area contributed by atoms with Crippen molar-refractivity contribution in [3.05, 3.63) is 71.0 Å². The standard InChI is InChI=1S/C20H21N5O2/c1-12-8-9-15(10-14(12)3)27-20-17(21)18(22-11-23-20)24-25-19(26)16-7-5-4-6-13(16)2/h4-11H,21H2,1-3H3,(H,25,26)(H,22,23,24). The molecule has 0 aliphatic rings. The highest BCUT2D eigenvalue weighted by Gasteiger charge is 2.13. The fourth-order valence-electron chi connectivity index (χ4n) is 2.46. The van der Waals surface area contributed by atoms with Gasteiger partial charge in [-0.05, 0) is 55.7 Å². The highest BCUT2D eigenvalue weighted by Crippen LogP contribution is 2.29. The Morgan fingerprint density at radius 2 is 1.78 bits per heavy atom. The van der Waals surface area contributed by atoms with E-state index in [-0.39, 0.29) is 23.3 Å². The van der Waals surface area contributed by atoms with Crippen molar-refractivity contribution in [2.24, 2.45) is 0 Å². The lowest BCUT2D eigenvalue weighted by Crippen LogP contribution is -2.30. The summed E-state index contributed by atoms with van der Waals surface area (Å²) in [5.41, 5.74) is 15.3. The summed E-state index contributed by atoms with van der Waals surface area (Å²) in [7, 11) is 0. The molecule has 0 radical (unpaired) electrons. The van der Waals surface area contributed by atoms with Gasteiger partial charge in [0.15, 0.2) is 5.82 Å². The Morgan fingerprint density at radius 1 is 1.00 bits per heavy atom. The predicted octanol–water partition coefficient (Wildman–Crippen LogP) is 3.53. The third-order valence-corrected chi connectivity index (χ3v) is 4.22. The first-order chi connectivity index (χ1) is 13.0. The summed E-state index contributed by atoms with van der Waals surface area (Å²) in [4.78, 5) is 20.4. The van der Waals surface area contributed by atoms with Crippen LogP contribution in [0.3, 0.4) is 0 Å². The molecule has 0 fully saturated rings. The average Bonchev–Trinajstić information content (AvgIpc) is 2.65. The smallest absolute Gasteiger partial charge is 0.269 e. The Morgan fingerprint density at radius 3 is 2.52 bits per heavy atom. The van der Waals surface area contributed by atoms with Gasteiger partial charge in [0.1, 0.15) is 17.8 Å². The van der Waals surface area contributed by atoms with Crippen LogP contribution in [0.2, 0.25) is 0 Å². The molecule has 4 N–H and O–H groups in total. The van der Waals surface area contributed by atoms with Crippen LogP contribution in [0.15, 0.2) is 48.8 Å². The molecular weight excluding hydrogens is 342 g/mol. The first kappa shape index (κ1) is 18.2. The quantitative estimate of drug-likeness (QED) is 0.599. The summed E-state index contributed by atoms with van der Waals surface area (Å²) in [5, 5.41) is 0. The second-order valence-electron chi connectivity index (χ2n) is 6.18. The molecule has 0 aliphatic carbocycles. The van der Waals surface area contributed by atoms with Crippen molar-refractivity contribution < 1.29 is 9.53 Å². The molecule has 7 nitrogen and oxygen atoms in total. The molecule has 1 aromatic heterocycles. The van der Waals surface area contributed by atoms with Crippen LogP contribution in [-0.4, -0.2) is 15.9 Å². The van der Waals surface area contributed by atoms with Crippen molar-refractivity contribution in [3.63, 3.8) is 0 Å². The van der Waals surface area contributed by atoms with Gasteiger partial charge in [0.2, 0.25) is 5.88 Å². The molecule has 3 aromatic rings. The van der Waals surface area contributed by atoms with Gasteiger partial charge in [-0.1, -0.05) is 24.3 Å².